The summed E-state index contributed by atoms with van der Waals surface area (Å²) in [7, 11) is 0.0225. The number of ketones is 1. The van der Waals surface area contributed by atoms with Crippen molar-refractivity contribution in [2.75, 3.05) is 25.5 Å². The summed E-state index contributed by atoms with van der Waals surface area (Å²) >= 11 is 0. The lowest BCUT2D eigenvalue weighted by Crippen LogP contribution is -2.29. The average molecular weight is 550 g/mol. The van der Waals surface area contributed by atoms with Crippen molar-refractivity contribution in [3.63, 3.8) is 0 Å². The quantitative estimate of drug-likeness (QED) is 0.299. The Hall–Kier alpha value is -4.69. The van der Waals surface area contributed by atoms with Gasteiger partial charge < -0.3 is 15.2 Å². The van der Waals surface area contributed by atoms with Gasteiger partial charge in [-0.2, -0.15) is 0 Å². The number of carbonyl (C=O) groups is 2. The largest absolute Gasteiger partial charge is 0.378 e. The van der Waals surface area contributed by atoms with Crippen molar-refractivity contribution in [3.8, 4) is 0 Å². The first-order chi connectivity index (χ1) is 19.3. The third-order valence-electron chi connectivity index (χ3n) is 7.47. The van der Waals surface area contributed by atoms with Gasteiger partial charge in [-0.3, -0.25) is 9.59 Å². The number of rotatable bonds is 6. The number of amides is 1. The summed E-state index contributed by atoms with van der Waals surface area (Å²) in [5.74, 6) is -0.946. The summed E-state index contributed by atoms with van der Waals surface area (Å²) in [5, 5.41) is 4.07. The molecule has 0 radical (unpaired) electrons. The molecule has 0 fully saturated rings. The molecule has 1 aliphatic rings. The van der Waals surface area contributed by atoms with E-state index in [-0.39, 0.29) is 44.7 Å². The van der Waals surface area contributed by atoms with E-state index in [1.165, 1.54) is 30.3 Å². The number of sulfone groups is 1. The number of aromatic amines is 1. The third-order valence-corrected chi connectivity index (χ3v) is 9.33. The van der Waals surface area contributed by atoms with Crippen molar-refractivity contribution in [1.29, 1.82) is 0 Å². The van der Waals surface area contributed by atoms with Crippen LogP contribution in [0.25, 0.3) is 10.9 Å². The molecule has 0 saturated heterocycles. The van der Waals surface area contributed by atoms with Crippen LogP contribution in [0.5, 0.6) is 0 Å². The summed E-state index contributed by atoms with van der Waals surface area (Å²) < 4.78 is 26.7. The molecule has 0 aliphatic carbocycles. The number of nitrogens with one attached hydrogen (secondary N) is 2. The van der Waals surface area contributed by atoms with Crippen LogP contribution >= 0.6 is 0 Å². The standard InChI is InChI=1S/C32H27N3O4S/c1-35(2)22-14-11-20(12-15-22)26(27-19-33-28-9-5-3-7-23(27)28)18-34-32(37)21-13-16-25-30(17-21)40(38,39)29-10-6-4-8-24(29)31(25)36/h3-17,19,26,33H,18H2,1-2H3,(H,34,37). The van der Waals surface area contributed by atoms with Crippen LogP contribution < -0.4 is 10.2 Å². The molecule has 1 aromatic heterocycles. The zero-order valence-electron chi connectivity index (χ0n) is 22.0. The van der Waals surface area contributed by atoms with Crippen molar-refractivity contribution in [2.45, 2.75) is 15.7 Å². The number of hydrogen-bond acceptors (Lipinski definition) is 5. The third kappa shape index (κ3) is 4.26. The monoisotopic (exact) mass is 549 g/mol. The molecule has 1 aliphatic heterocycles. The Morgan fingerprint density at radius 3 is 2.35 bits per heavy atom. The van der Waals surface area contributed by atoms with Gasteiger partial charge >= 0.3 is 0 Å². The molecule has 200 valence electrons. The van der Waals surface area contributed by atoms with E-state index in [4.69, 9.17) is 0 Å². The summed E-state index contributed by atoms with van der Waals surface area (Å²) in [6, 6.07) is 26.6. The second-order valence-corrected chi connectivity index (χ2v) is 12.0. The van der Waals surface area contributed by atoms with Gasteiger partial charge in [0.25, 0.3) is 5.91 Å². The summed E-state index contributed by atoms with van der Waals surface area (Å²) in [6.07, 6.45) is 1.97. The molecule has 0 spiro atoms. The molecule has 1 amide bonds. The molecule has 0 saturated carbocycles. The van der Waals surface area contributed by atoms with Gasteiger partial charge in [-0.1, -0.05) is 42.5 Å². The minimum absolute atomic E-state index is 0.0365. The SMILES string of the molecule is CN(C)c1ccc(C(CNC(=O)c2ccc3c(c2)S(=O)(=O)c2ccccc2C3=O)c2c[nH]c3ccccc23)cc1. The van der Waals surface area contributed by atoms with E-state index in [9.17, 15) is 18.0 Å². The molecule has 2 N–H and O–H groups in total. The van der Waals surface area contributed by atoms with Crippen molar-refractivity contribution < 1.29 is 18.0 Å². The van der Waals surface area contributed by atoms with E-state index in [2.05, 4.69) is 22.4 Å². The number of benzene rings is 4. The lowest BCUT2D eigenvalue weighted by Gasteiger charge is -2.21. The van der Waals surface area contributed by atoms with E-state index in [0.717, 1.165) is 27.7 Å². The highest BCUT2D eigenvalue weighted by Gasteiger charge is 2.35. The maximum Gasteiger partial charge on any atom is 0.251 e. The second kappa shape index (κ2) is 9.81. The van der Waals surface area contributed by atoms with E-state index < -0.39 is 15.7 Å². The number of para-hydroxylation sites is 1. The van der Waals surface area contributed by atoms with Gasteiger partial charge in [0.15, 0.2) is 5.78 Å². The molecular weight excluding hydrogens is 522 g/mol. The Bertz CT molecular complexity index is 1890. The molecule has 40 heavy (non-hydrogen) atoms. The molecule has 2 heterocycles. The summed E-state index contributed by atoms with van der Waals surface area (Å²) in [4.78, 5) is 31.5. The number of carbonyl (C=O) groups excluding carboxylic acids is 2. The minimum Gasteiger partial charge on any atom is -0.378 e. The van der Waals surface area contributed by atoms with Crippen LogP contribution in [0, 0.1) is 0 Å². The van der Waals surface area contributed by atoms with E-state index in [1.807, 2.05) is 61.6 Å². The number of anilines is 1. The molecule has 1 atom stereocenters. The molecule has 4 aromatic carbocycles. The Morgan fingerprint density at radius 2 is 1.57 bits per heavy atom. The lowest BCUT2D eigenvalue weighted by molar-refractivity contribution is 0.0950. The Kier molecular flexibility index (Phi) is 6.27. The van der Waals surface area contributed by atoms with Crippen LogP contribution in [0.4, 0.5) is 5.69 Å². The summed E-state index contributed by atoms with van der Waals surface area (Å²) in [6.45, 7) is 0.285. The molecule has 6 rings (SSSR count). The van der Waals surface area contributed by atoms with Gasteiger partial charge in [0.05, 0.1) is 9.79 Å². The molecule has 0 bridgehead atoms. The average Bonchev–Trinajstić information content (AvgIpc) is 3.40. The van der Waals surface area contributed by atoms with Gasteiger partial charge in [-0.15, -0.1) is 0 Å². The number of hydrogen-bond donors (Lipinski definition) is 2. The van der Waals surface area contributed by atoms with E-state index in [1.54, 1.807) is 12.1 Å². The smallest absolute Gasteiger partial charge is 0.251 e. The van der Waals surface area contributed by atoms with Crippen LogP contribution in [0.15, 0.2) is 107 Å². The zero-order chi connectivity index (χ0) is 28.0. The highest BCUT2D eigenvalue weighted by atomic mass is 32.2. The highest BCUT2D eigenvalue weighted by molar-refractivity contribution is 7.91. The van der Waals surface area contributed by atoms with Gasteiger partial charge in [0, 0.05) is 66.0 Å². The summed E-state index contributed by atoms with van der Waals surface area (Å²) in [5.41, 5.74) is 4.55. The fourth-order valence-electron chi connectivity index (χ4n) is 5.32. The van der Waals surface area contributed by atoms with E-state index in [0.29, 0.717) is 0 Å². The first kappa shape index (κ1) is 25.6. The van der Waals surface area contributed by atoms with Crippen molar-refractivity contribution in [3.05, 3.63) is 125 Å². The fourth-order valence-corrected chi connectivity index (χ4v) is 6.99. The topological polar surface area (TPSA) is 99.3 Å². The molecular formula is C32H27N3O4S. The molecule has 1 unspecified atom stereocenters. The number of nitrogens with zero attached hydrogens (tertiary/aromatic N) is 1. The fraction of sp³-hybridized carbons (Fsp3) is 0.125. The predicted molar refractivity (Wildman–Crippen MR) is 155 cm³/mol. The first-order valence-corrected chi connectivity index (χ1v) is 14.4. The maximum absolute atomic E-state index is 13.4. The normalized spacial score (nSPS) is 14.3. The van der Waals surface area contributed by atoms with Crippen LogP contribution in [0.2, 0.25) is 0 Å². The molecule has 5 aromatic rings. The first-order valence-electron chi connectivity index (χ1n) is 12.9. The Morgan fingerprint density at radius 1 is 0.875 bits per heavy atom. The van der Waals surface area contributed by atoms with Crippen LogP contribution in [0.3, 0.4) is 0 Å². The van der Waals surface area contributed by atoms with E-state index >= 15 is 0 Å². The van der Waals surface area contributed by atoms with Crippen LogP contribution in [-0.4, -0.2) is 45.7 Å². The zero-order valence-corrected chi connectivity index (χ0v) is 22.8. The van der Waals surface area contributed by atoms with Gasteiger partial charge in [0.2, 0.25) is 9.84 Å². The van der Waals surface area contributed by atoms with Gasteiger partial charge in [-0.05, 0) is 59.7 Å². The maximum atomic E-state index is 13.4. The highest BCUT2D eigenvalue weighted by Crippen LogP contribution is 2.35. The van der Waals surface area contributed by atoms with Crippen molar-refractivity contribution in [2.24, 2.45) is 0 Å². The van der Waals surface area contributed by atoms with Crippen molar-refractivity contribution >= 4 is 38.1 Å². The second-order valence-electron chi connectivity index (χ2n) is 10.1. The van der Waals surface area contributed by atoms with Gasteiger partial charge in [0.1, 0.15) is 0 Å². The van der Waals surface area contributed by atoms with Crippen LogP contribution in [-0.2, 0) is 9.84 Å². The molecule has 7 nitrogen and oxygen atoms in total. The Balaban J connectivity index is 1.32. The van der Waals surface area contributed by atoms with Crippen molar-refractivity contribution in [1.82, 2.24) is 10.3 Å². The Labute approximate surface area is 232 Å². The number of aromatic nitrogens is 1. The van der Waals surface area contributed by atoms with Crippen LogP contribution in [0.1, 0.15) is 43.3 Å². The van der Waals surface area contributed by atoms with Gasteiger partial charge in [-0.25, -0.2) is 8.42 Å². The minimum atomic E-state index is -3.94. The number of H-pyrrole nitrogens is 1. The molecule has 8 heteroatoms. The number of fused-ring (bicyclic) bond motifs is 3. The predicted octanol–water partition coefficient (Wildman–Crippen LogP) is 5.17. The lowest BCUT2D eigenvalue weighted by atomic mass is 9.90.